The molecule has 0 aromatic heterocycles. The van der Waals surface area contributed by atoms with E-state index < -0.39 is 22.6 Å². The monoisotopic (exact) mass is 520 g/mol. The highest BCUT2D eigenvalue weighted by Crippen LogP contribution is 2.66. The summed E-state index contributed by atoms with van der Waals surface area (Å²) in [6.45, 7) is 11.7. The zero-order chi connectivity index (χ0) is 26.1. The van der Waals surface area contributed by atoms with Crippen LogP contribution in [-0.2, 0) is 19.1 Å². The maximum absolute atomic E-state index is 14.1. The molecule has 3 aliphatic heterocycles. The molecule has 0 aliphatic carbocycles. The number of ether oxygens (including phenoxy) is 1. The van der Waals surface area contributed by atoms with Crippen molar-refractivity contribution in [3.05, 3.63) is 25.3 Å². The lowest BCUT2D eigenvalue weighted by molar-refractivity contribution is -0.154. The topological polar surface area (TPSA) is 87.2 Å². The second-order valence-electron chi connectivity index (χ2n) is 10.3. The molecule has 5 atom stereocenters. The Balaban J connectivity index is 1.84. The molecular weight excluding hydrogens is 476 g/mol. The summed E-state index contributed by atoms with van der Waals surface area (Å²) in [5.74, 6) is -1.38. The van der Waals surface area contributed by atoms with E-state index in [2.05, 4.69) is 20.1 Å². The van der Waals surface area contributed by atoms with Crippen molar-refractivity contribution in [2.75, 3.05) is 32.8 Å². The van der Waals surface area contributed by atoms with E-state index in [1.54, 1.807) is 22.7 Å². The van der Waals surface area contributed by atoms with Gasteiger partial charge in [-0.2, -0.15) is 0 Å². The third-order valence-electron chi connectivity index (χ3n) is 7.85. The zero-order valence-electron chi connectivity index (χ0n) is 21.9. The minimum absolute atomic E-state index is 0.0204. The Hall–Kier alpha value is -1.80. The number of aliphatic hydroxyl groups is 1. The second kappa shape index (κ2) is 13.7. The molecule has 8 heteroatoms. The van der Waals surface area contributed by atoms with Gasteiger partial charge >= 0.3 is 5.97 Å². The minimum atomic E-state index is -0.575. The smallest absolute Gasteiger partial charge is 0.310 e. The predicted octanol–water partition coefficient (Wildman–Crippen LogP) is 3.95. The number of amides is 2. The van der Waals surface area contributed by atoms with E-state index in [1.807, 2.05) is 11.0 Å². The maximum atomic E-state index is 14.1. The molecule has 0 aromatic carbocycles. The molecule has 3 aliphatic rings. The first kappa shape index (κ1) is 28.8. The van der Waals surface area contributed by atoms with Gasteiger partial charge in [-0.25, -0.2) is 0 Å². The van der Waals surface area contributed by atoms with Gasteiger partial charge in [0.1, 0.15) is 6.04 Å². The number of thioether (sulfide) groups is 1. The first-order valence-electron chi connectivity index (χ1n) is 13.7. The first-order valence-corrected chi connectivity index (χ1v) is 14.6. The Kier molecular flexibility index (Phi) is 10.9. The van der Waals surface area contributed by atoms with Crippen LogP contribution in [0, 0.1) is 11.8 Å². The number of fused-ring (bicyclic) bond motifs is 1. The van der Waals surface area contributed by atoms with Crippen molar-refractivity contribution in [3.8, 4) is 0 Å². The lowest BCUT2D eigenvalue weighted by Crippen LogP contribution is -2.55. The van der Waals surface area contributed by atoms with Gasteiger partial charge in [-0.3, -0.25) is 14.4 Å². The van der Waals surface area contributed by atoms with Gasteiger partial charge in [0.25, 0.3) is 0 Å². The van der Waals surface area contributed by atoms with Crippen LogP contribution >= 0.6 is 11.8 Å². The molecule has 0 radical (unpaired) electrons. The van der Waals surface area contributed by atoms with Crippen LogP contribution in [0.25, 0.3) is 0 Å². The van der Waals surface area contributed by atoms with Crippen LogP contribution in [0.2, 0.25) is 0 Å². The average molecular weight is 521 g/mol. The van der Waals surface area contributed by atoms with Crippen LogP contribution in [0.4, 0.5) is 0 Å². The summed E-state index contributed by atoms with van der Waals surface area (Å²) in [5.41, 5.74) is 0. The number of hydrogen-bond acceptors (Lipinski definition) is 6. The van der Waals surface area contributed by atoms with Gasteiger partial charge in [0.05, 0.1) is 23.2 Å². The van der Waals surface area contributed by atoms with Gasteiger partial charge in [0.2, 0.25) is 11.8 Å². The predicted molar refractivity (Wildman–Crippen MR) is 143 cm³/mol. The number of unbranched alkanes of at least 4 members (excludes halogenated alkanes) is 5. The third-order valence-corrected chi connectivity index (χ3v) is 9.80. The first-order chi connectivity index (χ1) is 17.5. The molecule has 7 nitrogen and oxygen atoms in total. The van der Waals surface area contributed by atoms with E-state index in [4.69, 9.17) is 4.74 Å². The summed E-state index contributed by atoms with van der Waals surface area (Å²) >= 11 is 1.69. The minimum Gasteiger partial charge on any atom is -0.465 e. The normalized spacial score (nSPS) is 28.3. The third kappa shape index (κ3) is 5.85. The Labute approximate surface area is 220 Å². The lowest BCUT2D eigenvalue weighted by atomic mass is 9.71. The van der Waals surface area contributed by atoms with Gasteiger partial charge in [0, 0.05) is 31.5 Å². The van der Waals surface area contributed by atoms with Crippen LogP contribution in [0.15, 0.2) is 25.3 Å². The van der Waals surface area contributed by atoms with Crippen LogP contribution in [-0.4, -0.2) is 81.6 Å². The molecule has 2 unspecified atom stereocenters. The molecule has 0 saturated carbocycles. The van der Waals surface area contributed by atoms with Crippen molar-refractivity contribution >= 4 is 29.5 Å². The SMILES string of the molecule is C=CCCCCOC(=O)[C@@H]1[C@@H]2CCC3(S2)C(C(=O)N(CC=C)CCCC)N(CCCCCO)C(=O)[C@H]13. The highest BCUT2D eigenvalue weighted by atomic mass is 32.2. The Morgan fingerprint density at radius 2 is 2.00 bits per heavy atom. The largest absolute Gasteiger partial charge is 0.465 e. The Morgan fingerprint density at radius 3 is 2.69 bits per heavy atom. The summed E-state index contributed by atoms with van der Waals surface area (Å²) in [6.07, 6.45) is 11.8. The van der Waals surface area contributed by atoms with E-state index in [1.165, 1.54) is 0 Å². The fourth-order valence-corrected chi connectivity index (χ4v) is 8.34. The zero-order valence-corrected chi connectivity index (χ0v) is 22.7. The number of allylic oxidation sites excluding steroid dienone is 1. The maximum Gasteiger partial charge on any atom is 0.310 e. The molecular formula is C28H44N2O5S. The Morgan fingerprint density at radius 1 is 1.19 bits per heavy atom. The number of rotatable bonds is 17. The van der Waals surface area contributed by atoms with Gasteiger partial charge in [-0.15, -0.1) is 24.9 Å². The molecule has 2 amide bonds. The summed E-state index contributed by atoms with van der Waals surface area (Å²) in [5, 5.41) is 9.21. The number of likely N-dealkylation sites (tertiary alicyclic amines) is 1. The molecule has 3 fully saturated rings. The van der Waals surface area contributed by atoms with Crippen molar-refractivity contribution in [2.45, 2.75) is 87.2 Å². The van der Waals surface area contributed by atoms with E-state index in [0.717, 1.165) is 57.8 Å². The molecule has 3 rings (SSSR count). The molecule has 3 heterocycles. The molecule has 0 aromatic rings. The molecule has 1 spiro atoms. The van der Waals surface area contributed by atoms with Crippen molar-refractivity contribution in [1.82, 2.24) is 9.80 Å². The highest BCUT2D eigenvalue weighted by molar-refractivity contribution is 8.02. The summed E-state index contributed by atoms with van der Waals surface area (Å²) in [6, 6.07) is -0.568. The molecule has 2 bridgehead atoms. The Bertz CT molecular complexity index is 805. The molecule has 1 N–H and O–H groups in total. The fourth-order valence-electron chi connectivity index (χ4n) is 6.14. The number of carbonyl (C=O) groups excluding carboxylic acids is 3. The summed E-state index contributed by atoms with van der Waals surface area (Å²) in [7, 11) is 0. The van der Waals surface area contributed by atoms with Crippen LogP contribution in [0.1, 0.15) is 71.1 Å². The second-order valence-corrected chi connectivity index (χ2v) is 11.9. The van der Waals surface area contributed by atoms with Gasteiger partial charge in [0.15, 0.2) is 0 Å². The number of esters is 1. The van der Waals surface area contributed by atoms with E-state index in [0.29, 0.717) is 32.7 Å². The summed E-state index contributed by atoms with van der Waals surface area (Å²) < 4.78 is 5.09. The standard InChI is InChI=1S/C28H44N2O5S/c1-4-7-9-13-20-35-27(34)22-21-14-15-28(36-21)23(22)25(32)30(18-11-10-12-19-31)24(28)26(33)29(16-6-3)17-8-5-2/h4,6,21-24,31H,1,3,5,7-20H2,2H3/t21-,22+,23-,24?,28?/m0/s1. The van der Waals surface area contributed by atoms with E-state index in [9.17, 15) is 19.5 Å². The number of aliphatic hydroxyl groups excluding tert-OH is 1. The van der Waals surface area contributed by atoms with Gasteiger partial charge < -0.3 is 19.6 Å². The number of hydrogen-bond donors (Lipinski definition) is 1. The highest BCUT2D eigenvalue weighted by Gasteiger charge is 2.74. The summed E-state index contributed by atoms with van der Waals surface area (Å²) in [4.78, 5) is 44.9. The van der Waals surface area contributed by atoms with Crippen molar-refractivity contribution in [2.24, 2.45) is 11.8 Å². The van der Waals surface area contributed by atoms with E-state index >= 15 is 0 Å². The van der Waals surface area contributed by atoms with Crippen LogP contribution < -0.4 is 0 Å². The van der Waals surface area contributed by atoms with E-state index in [-0.39, 0.29) is 29.6 Å². The van der Waals surface area contributed by atoms with Crippen molar-refractivity contribution in [1.29, 1.82) is 0 Å². The molecule has 202 valence electrons. The van der Waals surface area contributed by atoms with Gasteiger partial charge in [-0.05, 0) is 57.8 Å². The fraction of sp³-hybridized carbons (Fsp3) is 0.750. The lowest BCUT2D eigenvalue weighted by Gasteiger charge is -2.37. The molecule has 36 heavy (non-hydrogen) atoms. The average Bonchev–Trinajstić information content (AvgIpc) is 3.51. The van der Waals surface area contributed by atoms with Crippen LogP contribution in [0.5, 0.6) is 0 Å². The molecule has 3 saturated heterocycles. The quantitative estimate of drug-likeness (QED) is 0.178. The number of nitrogens with zero attached hydrogens (tertiary/aromatic N) is 2. The number of carbonyl (C=O) groups is 3. The van der Waals surface area contributed by atoms with Gasteiger partial charge in [-0.1, -0.05) is 25.5 Å². The van der Waals surface area contributed by atoms with Crippen molar-refractivity contribution < 1.29 is 24.2 Å². The van der Waals surface area contributed by atoms with Crippen molar-refractivity contribution in [3.63, 3.8) is 0 Å². The van der Waals surface area contributed by atoms with Crippen LogP contribution in [0.3, 0.4) is 0 Å².